The van der Waals surface area contributed by atoms with Crippen molar-refractivity contribution in [2.24, 2.45) is 0 Å². The minimum atomic E-state index is -4.10. The van der Waals surface area contributed by atoms with Gasteiger partial charge in [-0.1, -0.05) is 40.5 Å². The maximum absolute atomic E-state index is 12.2. The van der Waals surface area contributed by atoms with Crippen molar-refractivity contribution in [2.75, 3.05) is 6.54 Å². The first kappa shape index (κ1) is 16.8. The van der Waals surface area contributed by atoms with Crippen molar-refractivity contribution in [1.29, 1.82) is 0 Å². The number of nitrogens with one attached hydrogen (secondary N) is 1. The van der Waals surface area contributed by atoms with Crippen LogP contribution in [0.25, 0.3) is 0 Å². The topological polar surface area (TPSA) is 12.0 Å². The van der Waals surface area contributed by atoms with Gasteiger partial charge >= 0.3 is 6.18 Å². The molecule has 108 valence electrons. The number of halogens is 5. The first-order valence-corrected chi connectivity index (χ1v) is 7.25. The molecule has 0 aliphatic heterocycles. The second kappa shape index (κ2) is 7.50. The smallest absolute Gasteiger partial charge is 0.310 e. The SMILES string of the molecule is CCNC(CCCC(F)(F)F)c1ccc(Br)cc1Cl. The Morgan fingerprint density at radius 2 is 2.05 bits per heavy atom. The first-order valence-electron chi connectivity index (χ1n) is 6.08. The summed E-state index contributed by atoms with van der Waals surface area (Å²) in [6, 6.07) is 5.29. The molecule has 0 aliphatic carbocycles. The fourth-order valence-corrected chi connectivity index (χ4v) is 2.71. The van der Waals surface area contributed by atoms with Crippen molar-refractivity contribution in [3.63, 3.8) is 0 Å². The van der Waals surface area contributed by atoms with Gasteiger partial charge in [-0.15, -0.1) is 0 Å². The van der Waals surface area contributed by atoms with Crippen molar-refractivity contribution >= 4 is 27.5 Å². The summed E-state index contributed by atoms with van der Waals surface area (Å²) in [7, 11) is 0. The summed E-state index contributed by atoms with van der Waals surface area (Å²) in [5.41, 5.74) is 0.842. The molecule has 0 amide bonds. The van der Waals surface area contributed by atoms with Gasteiger partial charge in [0.1, 0.15) is 0 Å². The van der Waals surface area contributed by atoms with Crippen LogP contribution in [0.1, 0.15) is 37.8 Å². The van der Waals surface area contributed by atoms with E-state index in [1.54, 1.807) is 6.07 Å². The fourth-order valence-electron chi connectivity index (χ4n) is 1.90. The Hall–Kier alpha value is -0.260. The molecule has 0 saturated heterocycles. The molecule has 19 heavy (non-hydrogen) atoms. The second-order valence-electron chi connectivity index (χ2n) is 4.28. The highest BCUT2D eigenvalue weighted by Crippen LogP contribution is 2.31. The van der Waals surface area contributed by atoms with Gasteiger partial charge in [0.05, 0.1) is 0 Å². The summed E-state index contributed by atoms with van der Waals surface area (Å²) in [4.78, 5) is 0. The quantitative estimate of drug-likeness (QED) is 0.709. The van der Waals surface area contributed by atoms with Crippen LogP contribution < -0.4 is 5.32 Å². The zero-order valence-corrected chi connectivity index (χ0v) is 12.9. The monoisotopic (exact) mass is 357 g/mol. The normalized spacial score (nSPS) is 13.6. The molecule has 0 radical (unpaired) electrons. The molecule has 0 fully saturated rings. The predicted molar refractivity (Wildman–Crippen MR) is 75.5 cm³/mol. The Morgan fingerprint density at radius 1 is 1.37 bits per heavy atom. The van der Waals surface area contributed by atoms with E-state index >= 15 is 0 Å². The lowest BCUT2D eigenvalue weighted by Crippen LogP contribution is -2.22. The molecule has 1 atom stereocenters. The number of rotatable bonds is 6. The molecule has 0 aliphatic rings. The third-order valence-corrected chi connectivity index (χ3v) is 3.56. The van der Waals surface area contributed by atoms with Gasteiger partial charge in [0.2, 0.25) is 0 Å². The highest BCUT2D eigenvalue weighted by molar-refractivity contribution is 9.10. The number of hydrogen-bond acceptors (Lipinski definition) is 1. The molecule has 1 aromatic rings. The fraction of sp³-hybridized carbons (Fsp3) is 0.538. The Morgan fingerprint density at radius 3 is 2.58 bits per heavy atom. The molecular weight excluding hydrogens is 343 g/mol. The third kappa shape index (κ3) is 6.15. The molecule has 0 aromatic heterocycles. The van der Waals surface area contributed by atoms with Crippen LogP contribution in [0, 0.1) is 0 Å². The van der Waals surface area contributed by atoms with E-state index in [2.05, 4.69) is 21.2 Å². The van der Waals surface area contributed by atoms with Crippen molar-refractivity contribution in [2.45, 2.75) is 38.4 Å². The van der Waals surface area contributed by atoms with Crippen LogP contribution in [0.2, 0.25) is 5.02 Å². The third-order valence-electron chi connectivity index (χ3n) is 2.74. The lowest BCUT2D eigenvalue weighted by Gasteiger charge is -2.20. The van der Waals surface area contributed by atoms with Crippen molar-refractivity contribution < 1.29 is 13.2 Å². The minimum Gasteiger partial charge on any atom is -0.310 e. The van der Waals surface area contributed by atoms with Crippen molar-refractivity contribution in [3.8, 4) is 0 Å². The van der Waals surface area contributed by atoms with Crippen LogP contribution in [0.4, 0.5) is 13.2 Å². The van der Waals surface area contributed by atoms with E-state index in [-0.39, 0.29) is 12.5 Å². The molecule has 1 nitrogen and oxygen atoms in total. The summed E-state index contributed by atoms with van der Waals surface area (Å²) in [6.45, 7) is 2.60. The van der Waals surface area contributed by atoms with Crippen LogP contribution >= 0.6 is 27.5 Å². The summed E-state index contributed by atoms with van der Waals surface area (Å²) in [5.74, 6) is 0. The van der Waals surface area contributed by atoms with Gasteiger partial charge in [-0.3, -0.25) is 0 Å². The molecule has 0 bridgehead atoms. The molecule has 0 saturated carbocycles. The van der Waals surface area contributed by atoms with Crippen LogP contribution in [-0.2, 0) is 0 Å². The van der Waals surface area contributed by atoms with E-state index in [1.807, 2.05) is 19.1 Å². The van der Waals surface area contributed by atoms with Crippen molar-refractivity contribution in [3.05, 3.63) is 33.3 Å². The van der Waals surface area contributed by atoms with Crippen LogP contribution in [0.5, 0.6) is 0 Å². The van der Waals surface area contributed by atoms with E-state index in [4.69, 9.17) is 11.6 Å². The van der Waals surface area contributed by atoms with Crippen LogP contribution in [0.3, 0.4) is 0 Å². The number of hydrogen-bond donors (Lipinski definition) is 1. The molecule has 1 rings (SSSR count). The highest BCUT2D eigenvalue weighted by Gasteiger charge is 2.27. The van der Waals surface area contributed by atoms with E-state index < -0.39 is 12.6 Å². The summed E-state index contributed by atoms with van der Waals surface area (Å²) >= 11 is 9.45. The van der Waals surface area contributed by atoms with Gasteiger partial charge in [-0.25, -0.2) is 0 Å². The second-order valence-corrected chi connectivity index (χ2v) is 5.61. The zero-order valence-electron chi connectivity index (χ0n) is 10.5. The van der Waals surface area contributed by atoms with E-state index in [1.165, 1.54) is 0 Å². The average Bonchev–Trinajstić information content (AvgIpc) is 2.26. The number of alkyl halides is 3. The zero-order chi connectivity index (χ0) is 14.5. The summed E-state index contributed by atoms with van der Waals surface area (Å²) in [5, 5.41) is 3.74. The van der Waals surface area contributed by atoms with Crippen LogP contribution in [0.15, 0.2) is 22.7 Å². The molecular formula is C13H16BrClF3N. The van der Waals surface area contributed by atoms with Gasteiger partial charge in [0, 0.05) is 22.0 Å². The minimum absolute atomic E-state index is 0.0908. The Balaban J connectivity index is 2.71. The van der Waals surface area contributed by atoms with Gasteiger partial charge in [0.15, 0.2) is 0 Å². The van der Waals surface area contributed by atoms with Gasteiger partial charge in [-0.05, 0) is 37.1 Å². The molecule has 1 unspecified atom stereocenters. The van der Waals surface area contributed by atoms with E-state index in [9.17, 15) is 13.2 Å². The van der Waals surface area contributed by atoms with E-state index in [0.717, 1.165) is 10.0 Å². The standard InChI is InChI=1S/C13H16BrClF3N/c1-2-19-12(4-3-7-13(16,17)18)10-6-5-9(14)8-11(10)15/h5-6,8,12,19H,2-4,7H2,1H3. The largest absolute Gasteiger partial charge is 0.389 e. The summed E-state index contributed by atoms with van der Waals surface area (Å²) < 4.78 is 37.4. The van der Waals surface area contributed by atoms with Gasteiger partial charge in [0.25, 0.3) is 0 Å². The molecule has 0 heterocycles. The van der Waals surface area contributed by atoms with Gasteiger partial charge < -0.3 is 5.32 Å². The molecule has 1 N–H and O–H groups in total. The molecule has 6 heteroatoms. The summed E-state index contributed by atoms with van der Waals surface area (Å²) in [6.07, 6.45) is -4.36. The maximum Gasteiger partial charge on any atom is 0.389 e. The molecule has 1 aromatic carbocycles. The Bertz CT molecular complexity index is 409. The predicted octanol–water partition coefficient (Wildman–Crippen LogP) is 5.49. The highest BCUT2D eigenvalue weighted by atomic mass is 79.9. The molecule has 0 spiro atoms. The lowest BCUT2D eigenvalue weighted by atomic mass is 10.0. The lowest BCUT2D eigenvalue weighted by molar-refractivity contribution is -0.135. The van der Waals surface area contributed by atoms with E-state index in [0.29, 0.717) is 18.0 Å². The average molecular weight is 359 g/mol. The van der Waals surface area contributed by atoms with Crippen LogP contribution in [-0.4, -0.2) is 12.7 Å². The van der Waals surface area contributed by atoms with Crippen molar-refractivity contribution in [1.82, 2.24) is 5.32 Å². The Labute approximate surface area is 124 Å². The first-order chi connectivity index (χ1) is 8.83. The number of benzene rings is 1. The Kier molecular flexibility index (Phi) is 6.63. The van der Waals surface area contributed by atoms with Gasteiger partial charge in [-0.2, -0.15) is 13.2 Å². The maximum atomic E-state index is 12.2.